The molecule has 182 valence electrons. The zero-order valence-corrected chi connectivity index (χ0v) is 20.1. The Morgan fingerprint density at radius 1 is 1.00 bits per heavy atom. The fourth-order valence-corrected chi connectivity index (χ4v) is 5.41. The molecule has 1 aliphatic heterocycles. The molecule has 4 nitrogen and oxygen atoms in total. The second-order valence-corrected chi connectivity index (χ2v) is 9.54. The lowest BCUT2D eigenvalue weighted by molar-refractivity contribution is 0.198. The summed E-state index contributed by atoms with van der Waals surface area (Å²) in [4.78, 5) is 2.27. The highest BCUT2D eigenvalue weighted by atomic mass is 19.1. The predicted octanol–water partition coefficient (Wildman–Crippen LogP) is 6.08. The van der Waals surface area contributed by atoms with Crippen molar-refractivity contribution >= 4 is 16.8 Å². The van der Waals surface area contributed by atoms with Gasteiger partial charge in [-0.2, -0.15) is 0 Å². The van der Waals surface area contributed by atoms with E-state index < -0.39 is 0 Å². The van der Waals surface area contributed by atoms with Gasteiger partial charge in [-0.1, -0.05) is 36.4 Å². The monoisotopic (exact) mass is 472 g/mol. The van der Waals surface area contributed by atoms with Crippen molar-refractivity contribution in [1.82, 2.24) is 4.90 Å². The fourth-order valence-electron chi connectivity index (χ4n) is 5.41. The number of alkyl halides is 1. The molecule has 0 aromatic heterocycles. The van der Waals surface area contributed by atoms with Gasteiger partial charge < -0.3 is 15.6 Å². The first kappa shape index (κ1) is 23.4. The SMILES string of the molecule is Nc1ccc2c(c1)CCCC(c1ccccc1O)=C2c1ccc(OC2CCN(CCCF)C2)cc1. The first-order valence-corrected chi connectivity index (χ1v) is 12.6. The first-order chi connectivity index (χ1) is 17.1. The van der Waals surface area contributed by atoms with E-state index in [1.807, 2.05) is 36.4 Å². The lowest BCUT2D eigenvalue weighted by Gasteiger charge is -2.19. The van der Waals surface area contributed by atoms with Crippen LogP contribution in [0.2, 0.25) is 0 Å². The van der Waals surface area contributed by atoms with Crippen molar-refractivity contribution in [3.8, 4) is 11.5 Å². The van der Waals surface area contributed by atoms with Gasteiger partial charge in [0, 0.05) is 30.9 Å². The van der Waals surface area contributed by atoms with Gasteiger partial charge in [0.05, 0.1) is 6.67 Å². The Morgan fingerprint density at radius 2 is 1.83 bits per heavy atom. The molecule has 3 aromatic rings. The van der Waals surface area contributed by atoms with Crippen molar-refractivity contribution in [3.63, 3.8) is 0 Å². The van der Waals surface area contributed by atoms with Gasteiger partial charge in [0.1, 0.15) is 17.6 Å². The average molecular weight is 473 g/mol. The number of likely N-dealkylation sites (tertiary alicyclic amines) is 1. The number of nitrogens with two attached hydrogens (primary N) is 1. The van der Waals surface area contributed by atoms with Crippen LogP contribution < -0.4 is 10.5 Å². The quantitative estimate of drug-likeness (QED) is 0.409. The zero-order chi connectivity index (χ0) is 24.2. The number of benzene rings is 3. The number of nitrogen functional groups attached to an aromatic ring is 1. The molecule has 1 saturated heterocycles. The van der Waals surface area contributed by atoms with Crippen molar-refractivity contribution in [2.75, 3.05) is 32.0 Å². The van der Waals surface area contributed by atoms with E-state index in [1.165, 1.54) is 11.1 Å². The third kappa shape index (κ3) is 5.20. The predicted molar refractivity (Wildman–Crippen MR) is 140 cm³/mol. The Balaban J connectivity index is 1.47. The van der Waals surface area contributed by atoms with Crippen LogP contribution >= 0.6 is 0 Å². The molecular weight excluding hydrogens is 439 g/mol. The van der Waals surface area contributed by atoms with E-state index in [-0.39, 0.29) is 12.8 Å². The number of hydrogen-bond donors (Lipinski definition) is 2. The van der Waals surface area contributed by atoms with Crippen LogP contribution in [0, 0.1) is 0 Å². The summed E-state index contributed by atoms with van der Waals surface area (Å²) in [5.74, 6) is 1.15. The van der Waals surface area contributed by atoms with Gasteiger partial charge in [-0.05, 0) is 90.3 Å². The first-order valence-electron chi connectivity index (χ1n) is 12.6. The third-order valence-electron chi connectivity index (χ3n) is 7.09. The van der Waals surface area contributed by atoms with Gasteiger partial charge in [0.2, 0.25) is 0 Å². The maximum Gasteiger partial charge on any atom is 0.123 e. The molecule has 3 aromatic carbocycles. The molecule has 35 heavy (non-hydrogen) atoms. The summed E-state index contributed by atoms with van der Waals surface area (Å²) in [5.41, 5.74) is 13.6. The van der Waals surface area contributed by atoms with Crippen LogP contribution in [0.15, 0.2) is 66.7 Å². The minimum Gasteiger partial charge on any atom is -0.507 e. The summed E-state index contributed by atoms with van der Waals surface area (Å²) in [6.07, 6.45) is 4.50. The molecule has 0 amide bonds. The van der Waals surface area contributed by atoms with Gasteiger partial charge >= 0.3 is 0 Å². The van der Waals surface area contributed by atoms with E-state index in [0.717, 1.165) is 79.0 Å². The molecule has 2 aliphatic rings. The highest BCUT2D eigenvalue weighted by molar-refractivity contribution is 6.01. The summed E-state index contributed by atoms with van der Waals surface area (Å²) < 4.78 is 18.8. The molecule has 1 fully saturated rings. The van der Waals surface area contributed by atoms with Gasteiger partial charge in [0.25, 0.3) is 0 Å². The van der Waals surface area contributed by atoms with E-state index in [2.05, 4.69) is 29.2 Å². The van der Waals surface area contributed by atoms with Gasteiger partial charge in [-0.15, -0.1) is 0 Å². The number of nitrogens with zero attached hydrogens (tertiary/aromatic N) is 1. The Bertz CT molecular complexity index is 1210. The molecule has 1 heterocycles. The number of allylic oxidation sites excluding steroid dienone is 1. The molecule has 5 rings (SSSR count). The number of rotatable bonds is 7. The Hall–Kier alpha value is -3.31. The number of aryl methyl sites for hydroxylation is 1. The number of para-hydroxylation sites is 1. The number of hydrogen-bond acceptors (Lipinski definition) is 4. The zero-order valence-electron chi connectivity index (χ0n) is 20.1. The third-order valence-corrected chi connectivity index (χ3v) is 7.09. The van der Waals surface area contributed by atoms with Crippen molar-refractivity contribution in [1.29, 1.82) is 0 Å². The van der Waals surface area contributed by atoms with E-state index in [0.29, 0.717) is 12.2 Å². The standard InChI is InChI=1S/C30H33FN2O2/c31-16-4-17-33-18-15-25(20-33)35-24-12-9-21(10-13-24)30-26-14-11-23(32)19-22(26)5-3-7-28(30)27-6-1-2-8-29(27)34/h1-2,6,8-14,19,25,34H,3-5,7,15-18,20,32H2. The van der Waals surface area contributed by atoms with Crippen molar-refractivity contribution < 1.29 is 14.2 Å². The van der Waals surface area contributed by atoms with Crippen LogP contribution in [0.25, 0.3) is 11.1 Å². The number of aromatic hydroxyl groups is 1. The molecule has 0 radical (unpaired) electrons. The Morgan fingerprint density at radius 3 is 2.63 bits per heavy atom. The van der Waals surface area contributed by atoms with Crippen molar-refractivity contribution in [2.24, 2.45) is 0 Å². The van der Waals surface area contributed by atoms with Crippen LogP contribution in [0.1, 0.15) is 47.9 Å². The summed E-state index contributed by atoms with van der Waals surface area (Å²) >= 11 is 0. The summed E-state index contributed by atoms with van der Waals surface area (Å²) in [6, 6.07) is 22.0. The Kier molecular flexibility index (Phi) is 7.05. The molecule has 0 saturated carbocycles. The van der Waals surface area contributed by atoms with E-state index in [1.54, 1.807) is 6.07 Å². The van der Waals surface area contributed by atoms with Crippen molar-refractivity contribution in [2.45, 2.75) is 38.2 Å². The average Bonchev–Trinajstić information content (AvgIpc) is 3.22. The normalized spacial score (nSPS) is 18.4. The molecule has 1 unspecified atom stereocenters. The molecule has 0 spiro atoms. The molecule has 1 atom stereocenters. The van der Waals surface area contributed by atoms with Crippen LogP contribution in [0.3, 0.4) is 0 Å². The summed E-state index contributed by atoms with van der Waals surface area (Å²) in [7, 11) is 0. The van der Waals surface area contributed by atoms with Crippen LogP contribution in [-0.2, 0) is 6.42 Å². The second-order valence-electron chi connectivity index (χ2n) is 9.54. The number of anilines is 1. The van der Waals surface area contributed by atoms with E-state index in [9.17, 15) is 9.50 Å². The van der Waals surface area contributed by atoms with Crippen molar-refractivity contribution in [3.05, 3.63) is 89.0 Å². The number of phenols is 1. The largest absolute Gasteiger partial charge is 0.507 e. The van der Waals surface area contributed by atoms with E-state index >= 15 is 0 Å². The second kappa shape index (κ2) is 10.5. The van der Waals surface area contributed by atoms with Gasteiger partial charge in [-0.25, -0.2) is 0 Å². The molecule has 0 bridgehead atoms. The Labute approximate surface area is 206 Å². The number of fused-ring (bicyclic) bond motifs is 1. The van der Waals surface area contributed by atoms with Crippen LogP contribution in [0.4, 0.5) is 10.1 Å². The van der Waals surface area contributed by atoms with Gasteiger partial charge in [0.15, 0.2) is 0 Å². The highest BCUT2D eigenvalue weighted by Crippen LogP contribution is 2.42. The smallest absolute Gasteiger partial charge is 0.123 e. The topological polar surface area (TPSA) is 58.7 Å². The van der Waals surface area contributed by atoms with E-state index in [4.69, 9.17) is 10.5 Å². The summed E-state index contributed by atoms with van der Waals surface area (Å²) in [5, 5.41) is 10.7. The maximum absolute atomic E-state index is 12.5. The van der Waals surface area contributed by atoms with Crippen LogP contribution in [-0.4, -0.2) is 42.4 Å². The number of halogens is 1. The fraction of sp³-hybridized carbons (Fsp3) is 0.333. The molecule has 5 heteroatoms. The lowest BCUT2D eigenvalue weighted by atomic mass is 9.87. The minimum atomic E-state index is -0.266. The lowest BCUT2D eigenvalue weighted by Crippen LogP contribution is -2.26. The minimum absolute atomic E-state index is 0.137. The number of phenolic OH excluding ortho intramolecular Hbond substituents is 1. The maximum atomic E-state index is 12.5. The summed E-state index contributed by atoms with van der Waals surface area (Å²) in [6.45, 7) is 2.33. The molecule has 1 aliphatic carbocycles. The highest BCUT2D eigenvalue weighted by Gasteiger charge is 2.24. The van der Waals surface area contributed by atoms with Gasteiger partial charge in [-0.3, -0.25) is 9.29 Å². The van der Waals surface area contributed by atoms with Crippen LogP contribution in [0.5, 0.6) is 11.5 Å². The molecule has 3 N–H and O–H groups in total. The molecular formula is C30H33FN2O2. The number of ether oxygens (including phenoxy) is 1.